The lowest BCUT2D eigenvalue weighted by atomic mass is 10.0. The maximum atomic E-state index is 9.20. The first-order valence-corrected chi connectivity index (χ1v) is 6.50. The van der Waals surface area contributed by atoms with Crippen LogP contribution in [-0.4, -0.2) is 0 Å². The Balaban J connectivity index is 2.28. The molecular weight excluding hydrogens is 260 g/mol. The predicted octanol–water partition coefficient (Wildman–Crippen LogP) is 4.48. The van der Waals surface area contributed by atoms with E-state index in [1.165, 1.54) is 0 Å². The van der Waals surface area contributed by atoms with E-state index in [0.717, 1.165) is 27.1 Å². The van der Waals surface area contributed by atoms with E-state index in [1.54, 1.807) is 12.1 Å². The van der Waals surface area contributed by atoms with Crippen molar-refractivity contribution < 1.29 is 4.42 Å². The minimum Gasteiger partial charge on any atom is -0.456 e. The maximum Gasteiger partial charge on any atom is 0.136 e. The van der Waals surface area contributed by atoms with E-state index in [1.807, 2.05) is 42.5 Å². The van der Waals surface area contributed by atoms with Gasteiger partial charge in [0.1, 0.15) is 23.3 Å². The van der Waals surface area contributed by atoms with Crippen molar-refractivity contribution in [3.05, 3.63) is 59.7 Å². The van der Waals surface area contributed by atoms with E-state index < -0.39 is 0 Å². The lowest BCUT2D eigenvalue weighted by molar-refractivity contribution is 0.669. The quantitative estimate of drug-likeness (QED) is 0.472. The van der Waals surface area contributed by atoms with Gasteiger partial charge in [0.15, 0.2) is 0 Å². The van der Waals surface area contributed by atoms with Crippen molar-refractivity contribution in [3.8, 4) is 12.1 Å². The average Bonchev–Trinajstić information content (AvgIpc) is 2.91. The summed E-state index contributed by atoms with van der Waals surface area (Å²) in [6.45, 7) is 0. The Hall–Kier alpha value is -3.30. The first kappa shape index (κ1) is 11.5. The first-order valence-electron chi connectivity index (χ1n) is 6.50. The van der Waals surface area contributed by atoms with Crippen LogP contribution < -0.4 is 0 Å². The van der Waals surface area contributed by atoms with Gasteiger partial charge >= 0.3 is 0 Å². The van der Waals surface area contributed by atoms with Crippen molar-refractivity contribution in [2.24, 2.45) is 0 Å². The topological polar surface area (TPSA) is 60.7 Å². The zero-order chi connectivity index (χ0) is 14.4. The molecule has 0 fully saturated rings. The fourth-order valence-corrected chi connectivity index (χ4v) is 2.78. The Bertz CT molecular complexity index is 1110. The summed E-state index contributed by atoms with van der Waals surface area (Å²) in [6, 6.07) is 19.5. The van der Waals surface area contributed by atoms with Gasteiger partial charge in [-0.25, -0.2) is 0 Å². The molecule has 1 aromatic heterocycles. The van der Waals surface area contributed by atoms with Crippen LogP contribution in [0, 0.1) is 22.7 Å². The fraction of sp³-hybridized carbons (Fsp3) is 0. The van der Waals surface area contributed by atoms with Crippen LogP contribution in [0.1, 0.15) is 11.1 Å². The molecule has 0 N–H and O–H groups in total. The molecule has 21 heavy (non-hydrogen) atoms. The Kier molecular flexibility index (Phi) is 2.25. The van der Waals surface area contributed by atoms with Gasteiger partial charge in [-0.2, -0.15) is 10.5 Å². The Morgan fingerprint density at radius 1 is 0.762 bits per heavy atom. The van der Waals surface area contributed by atoms with Crippen LogP contribution in [0.4, 0.5) is 0 Å². The molecule has 4 aromatic rings. The molecule has 0 saturated carbocycles. The Morgan fingerprint density at radius 3 is 2.33 bits per heavy atom. The molecule has 0 atom stereocenters. The van der Waals surface area contributed by atoms with Gasteiger partial charge in [0.05, 0.1) is 11.1 Å². The number of rotatable bonds is 0. The third-order valence-corrected chi connectivity index (χ3v) is 3.74. The number of fused-ring (bicyclic) bond motifs is 5. The molecule has 0 saturated heterocycles. The van der Waals surface area contributed by atoms with Crippen molar-refractivity contribution in [1.29, 1.82) is 10.5 Å². The van der Waals surface area contributed by atoms with Crippen LogP contribution in [0.25, 0.3) is 32.7 Å². The second-order valence-electron chi connectivity index (χ2n) is 4.88. The highest BCUT2D eigenvalue weighted by Crippen LogP contribution is 2.35. The van der Waals surface area contributed by atoms with E-state index in [9.17, 15) is 5.26 Å². The van der Waals surface area contributed by atoms with Crippen LogP contribution in [0.15, 0.2) is 52.9 Å². The van der Waals surface area contributed by atoms with Crippen LogP contribution in [0.5, 0.6) is 0 Å². The predicted molar refractivity (Wildman–Crippen MR) is 80.7 cm³/mol. The fourth-order valence-electron chi connectivity index (χ4n) is 2.78. The summed E-state index contributed by atoms with van der Waals surface area (Å²) in [7, 11) is 0. The summed E-state index contributed by atoms with van der Waals surface area (Å²) in [4.78, 5) is 0. The molecule has 4 rings (SSSR count). The van der Waals surface area contributed by atoms with Crippen molar-refractivity contribution in [2.75, 3.05) is 0 Å². The average molecular weight is 268 g/mol. The smallest absolute Gasteiger partial charge is 0.136 e. The minimum absolute atomic E-state index is 0.341. The van der Waals surface area contributed by atoms with Crippen LogP contribution in [0.3, 0.4) is 0 Å². The van der Waals surface area contributed by atoms with Crippen molar-refractivity contribution in [2.45, 2.75) is 0 Å². The molecule has 0 amide bonds. The summed E-state index contributed by atoms with van der Waals surface area (Å²) in [5, 5.41) is 22.4. The van der Waals surface area contributed by atoms with E-state index >= 15 is 0 Å². The van der Waals surface area contributed by atoms with E-state index in [2.05, 4.69) is 6.07 Å². The van der Waals surface area contributed by atoms with Gasteiger partial charge in [0.2, 0.25) is 0 Å². The molecule has 3 nitrogen and oxygen atoms in total. The Labute approximate surface area is 120 Å². The summed E-state index contributed by atoms with van der Waals surface area (Å²) in [5.41, 5.74) is 2.12. The zero-order valence-corrected chi connectivity index (χ0v) is 10.9. The molecule has 0 bridgehead atoms. The molecule has 3 heteroatoms. The number of nitrogens with zero attached hydrogens (tertiary/aromatic N) is 2. The van der Waals surface area contributed by atoms with Gasteiger partial charge < -0.3 is 4.42 Å². The van der Waals surface area contributed by atoms with Crippen molar-refractivity contribution in [3.63, 3.8) is 0 Å². The minimum atomic E-state index is 0.341. The van der Waals surface area contributed by atoms with Crippen LogP contribution in [0.2, 0.25) is 0 Å². The van der Waals surface area contributed by atoms with Crippen molar-refractivity contribution in [1.82, 2.24) is 0 Å². The van der Waals surface area contributed by atoms with Gasteiger partial charge in [0.25, 0.3) is 0 Å². The maximum absolute atomic E-state index is 9.20. The molecule has 0 aliphatic heterocycles. The van der Waals surface area contributed by atoms with Crippen molar-refractivity contribution >= 4 is 32.7 Å². The second-order valence-corrected chi connectivity index (χ2v) is 4.88. The van der Waals surface area contributed by atoms with Gasteiger partial charge in [-0.3, -0.25) is 0 Å². The molecule has 3 aromatic carbocycles. The monoisotopic (exact) mass is 268 g/mol. The molecule has 0 spiro atoms. The number of nitriles is 2. The largest absolute Gasteiger partial charge is 0.456 e. The first-order chi connectivity index (χ1) is 10.3. The highest BCUT2D eigenvalue weighted by atomic mass is 16.3. The summed E-state index contributed by atoms with van der Waals surface area (Å²) >= 11 is 0. The molecule has 1 heterocycles. The Morgan fingerprint density at radius 2 is 1.52 bits per heavy atom. The van der Waals surface area contributed by atoms with E-state index in [-0.39, 0.29) is 0 Å². The molecule has 0 radical (unpaired) electrons. The molecule has 96 valence electrons. The number of furan rings is 1. The third kappa shape index (κ3) is 1.52. The lowest BCUT2D eigenvalue weighted by Gasteiger charge is -1.99. The van der Waals surface area contributed by atoms with Gasteiger partial charge in [-0.05, 0) is 22.9 Å². The number of benzene rings is 3. The van der Waals surface area contributed by atoms with Crippen LogP contribution in [-0.2, 0) is 0 Å². The zero-order valence-electron chi connectivity index (χ0n) is 10.9. The number of hydrogen-bond acceptors (Lipinski definition) is 3. The summed E-state index contributed by atoms with van der Waals surface area (Å²) in [5.74, 6) is 0. The molecular formula is C18H8N2O. The van der Waals surface area contributed by atoms with Gasteiger partial charge in [-0.1, -0.05) is 30.3 Å². The lowest BCUT2D eigenvalue weighted by Crippen LogP contribution is -1.82. The normalized spacial score (nSPS) is 10.8. The third-order valence-electron chi connectivity index (χ3n) is 3.74. The highest BCUT2D eigenvalue weighted by molar-refractivity contribution is 6.19. The van der Waals surface area contributed by atoms with Gasteiger partial charge in [0, 0.05) is 16.8 Å². The number of hydrogen-bond donors (Lipinski definition) is 0. The van der Waals surface area contributed by atoms with E-state index in [4.69, 9.17) is 9.68 Å². The molecule has 0 unspecified atom stereocenters. The second kappa shape index (κ2) is 4.10. The summed E-state index contributed by atoms with van der Waals surface area (Å²) < 4.78 is 5.84. The molecule has 0 aliphatic carbocycles. The SMILES string of the molecule is N#Cc1cc2oc3ccc4ccccc4c3c2cc1C#N. The van der Waals surface area contributed by atoms with Crippen LogP contribution >= 0.6 is 0 Å². The highest BCUT2D eigenvalue weighted by Gasteiger charge is 2.13. The molecule has 0 aliphatic rings. The summed E-state index contributed by atoms with van der Waals surface area (Å²) in [6.07, 6.45) is 0. The van der Waals surface area contributed by atoms with E-state index in [0.29, 0.717) is 16.7 Å². The van der Waals surface area contributed by atoms with Gasteiger partial charge in [-0.15, -0.1) is 0 Å². The standard InChI is InChI=1S/C18H8N2O/c19-9-12-7-15-17(8-13(12)10-20)21-16-6-5-11-3-1-2-4-14(11)18(15)16/h1-8H.